The Bertz CT molecular complexity index is 1880. The van der Waals surface area contributed by atoms with E-state index in [0.717, 1.165) is 18.9 Å². The highest BCUT2D eigenvalue weighted by atomic mass is 19.4. The van der Waals surface area contributed by atoms with Crippen molar-refractivity contribution in [1.29, 1.82) is 5.26 Å². The maximum Gasteiger partial charge on any atom is 0.416 e. The molecule has 47 heavy (non-hydrogen) atoms. The van der Waals surface area contributed by atoms with Crippen LogP contribution >= 0.6 is 0 Å². The Morgan fingerprint density at radius 3 is 2.47 bits per heavy atom. The van der Waals surface area contributed by atoms with Crippen LogP contribution in [0.4, 0.5) is 24.8 Å². The predicted molar refractivity (Wildman–Crippen MR) is 173 cm³/mol. The second-order valence-electron chi connectivity index (χ2n) is 13.4. The van der Waals surface area contributed by atoms with Crippen LogP contribution in [-0.2, 0) is 26.3 Å². The number of nitrogens with one attached hydrogen (secondary N) is 2. The first-order chi connectivity index (χ1) is 22.2. The van der Waals surface area contributed by atoms with Crippen LogP contribution in [-0.4, -0.2) is 37.7 Å². The average Bonchev–Trinajstić information content (AvgIpc) is 3.74. The molecule has 0 unspecified atom stereocenters. The van der Waals surface area contributed by atoms with Gasteiger partial charge in [-0.2, -0.15) is 18.4 Å². The van der Waals surface area contributed by atoms with E-state index in [2.05, 4.69) is 40.7 Å². The van der Waals surface area contributed by atoms with E-state index < -0.39 is 17.6 Å². The van der Waals surface area contributed by atoms with Gasteiger partial charge >= 0.3 is 6.18 Å². The van der Waals surface area contributed by atoms with Gasteiger partial charge in [0.05, 0.1) is 23.7 Å². The molecule has 4 aromatic rings. The minimum absolute atomic E-state index is 0.0241. The number of amides is 1. The molecule has 0 atom stereocenters. The standard InChI is InChI=1S/C35H37F3N8O/c1-20(2)16-40-30-13-23(26-10-21(15-39)6-9-25(26)32-44-42-19-45(32)5)14-31(43-30)46-18-28-27(33(46)47)11-22(12-29(28)35(36,37)38)17-41-34(3,4)24-7-8-24/h6,9-14,19-20,24,41H,7-8,16-18H2,1-5H3,(H,40,43). The van der Waals surface area contributed by atoms with Gasteiger partial charge < -0.3 is 15.2 Å². The Balaban J connectivity index is 1.43. The van der Waals surface area contributed by atoms with E-state index in [1.54, 1.807) is 48.3 Å². The van der Waals surface area contributed by atoms with Crippen molar-refractivity contribution < 1.29 is 18.0 Å². The molecule has 1 fully saturated rings. The molecule has 244 valence electrons. The van der Waals surface area contributed by atoms with Gasteiger partial charge in [-0.3, -0.25) is 9.69 Å². The molecule has 1 aliphatic carbocycles. The highest BCUT2D eigenvalue weighted by molar-refractivity contribution is 6.10. The fourth-order valence-corrected chi connectivity index (χ4v) is 6.07. The number of aryl methyl sites for hydroxylation is 1. The van der Waals surface area contributed by atoms with Crippen LogP contribution < -0.4 is 15.5 Å². The van der Waals surface area contributed by atoms with Crippen molar-refractivity contribution >= 4 is 17.5 Å². The molecule has 1 amide bonds. The first-order valence-electron chi connectivity index (χ1n) is 15.7. The monoisotopic (exact) mass is 642 g/mol. The molecule has 6 rings (SSSR count). The molecule has 2 aromatic carbocycles. The summed E-state index contributed by atoms with van der Waals surface area (Å²) in [5.74, 6) is 1.41. The molecular formula is C35H37F3N8O. The summed E-state index contributed by atoms with van der Waals surface area (Å²) in [6, 6.07) is 13.6. The van der Waals surface area contributed by atoms with Crippen LogP contribution in [0.3, 0.4) is 0 Å². The van der Waals surface area contributed by atoms with Gasteiger partial charge in [0.15, 0.2) is 5.82 Å². The number of benzene rings is 2. The zero-order valence-electron chi connectivity index (χ0n) is 27.0. The van der Waals surface area contributed by atoms with E-state index in [1.807, 2.05) is 19.9 Å². The fraction of sp³-hybridized carbons (Fsp3) is 0.400. The van der Waals surface area contributed by atoms with Gasteiger partial charge in [-0.1, -0.05) is 13.8 Å². The number of fused-ring (bicyclic) bond motifs is 1. The van der Waals surface area contributed by atoms with Crippen molar-refractivity contribution in [1.82, 2.24) is 25.1 Å². The molecule has 0 spiro atoms. The van der Waals surface area contributed by atoms with Crippen LogP contribution in [0.1, 0.15) is 73.1 Å². The van der Waals surface area contributed by atoms with Crippen molar-refractivity contribution in [3.63, 3.8) is 0 Å². The van der Waals surface area contributed by atoms with Crippen molar-refractivity contribution in [2.75, 3.05) is 16.8 Å². The molecule has 2 aromatic heterocycles. The summed E-state index contributed by atoms with van der Waals surface area (Å²) in [5.41, 5.74) is 1.69. The van der Waals surface area contributed by atoms with E-state index in [0.29, 0.717) is 51.9 Å². The normalized spacial score (nSPS) is 14.9. The van der Waals surface area contributed by atoms with Crippen LogP contribution in [0.5, 0.6) is 0 Å². The molecule has 0 saturated heterocycles. The lowest BCUT2D eigenvalue weighted by Gasteiger charge is -2.26. The molecule has 1 aliphatic heterocycles. The largest absolute Gasteiger partial charge is 0.416 e. The molecule has 0 radical (unpaired) electrons. The third-order valence-corrected chi connectivity index (χ3v) is 8.94. The molecule has 1 saturated carbocycles. The van der Waals surface area contributed by atoms with E-state index in [1.165, 1.54) is 4.90 Å². The van der Waals surface area contributed by atoms with Gasteiger partial charge in [0, 0.05) is 36.8 Å². The van der Waals surface area contributed by atoms with Gasteiger partial charge in [0.2, 0.25) is 0 Å². The molecule has 2 N–H and O–H groups in total. The van der Waals surface area contributed by atoms with Crippen LogP contribution in [0, 0.1) is 23.2 Å². The van der Waals surface area contributed by atoms with Gasteiger partial charge in [0.25, 0.3) is 5.91 Å². The van der Waals surface area contributed by atoms with Crippen molar-refractivity contribution in [2.24, 2.45) is 18.9 Å². The molecule has 0 bridgehead atoms. The molecular weight excluding hydrogens is 605 g/mol. The van der Waals surface area contributed by atoms with Crippen molar-refractivity contribution in [3.05, 3.63) is 76.6 Å². The summed E-state index contributed by atoms with van der Waals surface area (Å²) >= 11 is 0. The number of hydrogen-bond acceptors (Lipinski definition) is 7. The third kappa shape index (κ3) is 6.58. The minimum Gasteiger partial charge on any atom is -0.370 e. The lowest BCUT2D eigenvalue weighted by Crippen LogP contribution is -2.40. The van der Waals surface area contributed by atoms with Gasteiger partial charge in [-0.15, -0.1) is 10.2 Å². The third-order valence-electron chi connectivity index (χ3n) is 8.94. The Hall–Kier alpha value is -4.76. The molecule has 3 heterocycles. The number of anilines is 2. The number of alkyl halides is 3. The van der Waals surface area contributed by atoms with Crippen LogP contribution in [0.2, 0.25) is 0 Å². The summed E-state index contributed by atoms with van der Waals surface area (Å²) in [4.78, 5) is 20.0. The second kappa shape index (κ2) is 12.1. The second-order valence-corrected chi connectivity index (χ2v) is 13.4. The minimum atomic E-state index is -4.65. The summed E-state index contributed by atoms with van der Waals surface area (Å²) < 4.78 is 45.2. The fourth-order valence-electron chi connectivity index (χ4n) is 6.07. The summed E-state index contributed by atoms with van der Waals surface area (Å²) in [6.45, 7) is 8.70. The number of aromatic nitrogens is 4. The number of carbonyl (C=O) groups excluding carboxylic acids is 1. The number of nitrogens with zero attached hydrogens (tertiary/aromatic N) is 6. The zero-order valence-corrected chi connectivity index (χ0v) is 27.0. The average molecular weight is 643 g/mol. The van der Waals surface area contributed by atoms with Crippen LogP contribution in [0.15, 0.2) is 48.8 Å². The Labute approximate surface area is 271 Å². The van der Waals surface area contributed by atoms with Crippen molar-refractivity contribution in [2.45, 2.75) is 65.3 Å². The van der Waals surface area contributed by atoms with Gasteiger partial charge in [-0.05, 0) is 103 Å². The van der Waals surface area contributed by atoms with E-state index in [9.17, 15) is 23.2 Å². The van der Waals surface area contributed by atoms with E-state index in [-0.39, 0.29) is 41.5 Å². The lowest BCUT2D eigenvalue weighted by atomic mass is 9.96. The number of rotatable bonds is 10. The van der Waals surface area contributed by atoms with E-state index >= 15 is 0 Å². The lowest BCUT2D eigenvalue weighted by molar-refractivity contribution is -0.138. The van der Waals surface area contributed by atoms with Crippen molar-refractivity contribution in [3.8, 4) is 28.6 Å². The Kier molecular flexibility index (Phi) is 8.30. The maximum absolute atomic E-state index is 14.5. The first kappa shape index (κ1) is 32.2. The summed E-state index contributed by atoms with van der Waals surface area (Å²) in [7, 11) is 1.81. The SMILES string of the molecule is CC(C)CNc1cc(-c2cc(C#N)ccc2-c2nncn2C)cc(N2Cc3c(cc(CNC(C)(C)C4CC4)cc3C(F)(F)F)C2=O)n1. The molecule has 9 nitrogen and oxygen atoms in total. The molecule has 12 heteroatoms. The quantitative estimate of drug-likeness (QED) is 0.193. The first-order valence-corrected chi connectivity index (χ1v) is 15.7. The zero-order chi connectivity index (χ0) is 33.7. The maximum atomic E-state index is 14.5. The number of hydrogen-bond donors (Lipinski definition) is 2. The highest BCUT2D eigenvalue weighted by Gasteiger charge is 2.42. The van der Waals surface area contributed by atoms with Gasteiger partial charge in [0.1, 0.15) is 18.0 Å². The smallest absolute Gasteiger partial charge is 0.370 e. The topological polar surface area (TPSA) is 112 Å². The number of halogens is 3. The summed E-state index contributed by atoms with van der Waals surface area (Å²) in [6.07, 6.45) is -0.900. The van der Waals surface area contributed by atoms with Gasteiger partial charge in [-0.25, -0.2) is 4.98 Å². The predicted octanol–water partition coefficient (Wildman–Crippen LogP) is 6.94. The number of pyridine rings is 1. The van der Waals surface area contributed by atoms with E-state index in [4.69, 9.17) is 4.98 Å². The Morgan fingerprint density at radius 1 is 1.06 bits per heavy atom. The summed E-state index contributed by atoms with van der Waals surface area (Å²) in [5, 5.41) is 24.7. The Morgan fingerprint density at radius 2 is 1.83 bits per heavy atom. The number of nitriles is 1. The van der Waals surface area contributed by atoms with Crippen LogP contribution in [0.25, 0.3) is 22.5 Å². The highest BCUT2D eigenvalue weighted by Crippen LogP contribution is 2.42. The number of carbonyl (C=O) groups is 1. The molecule has 2 aliphatic rings.